The second-order valence-electron chi connectivity index (χ2n) is 6.99. The molecule has 2 aromatic rings. The number of hydrogen-bond donors (Lipinski definition) is 1. The molecule has 146 valence electrons. The van der Waals surface area contributed by atoms with Crippen molar-refractivity contribution < 1.29 is 9.59 Å². The molecule has 0 saturated carbocycles. The predicted molar refractivity (Wildman–Crippen MR) is 111 cm³/mol. The van der Waals surface area contributed by atoms with Gasteiger partial charge in [0.2, 0.25) is 5.91 Å². The minimum atomic E-state index is -0.209. The van der Waals surface area contributed by atoms with Crippen LogP contribution in [0.3, 0.4) is 0 Å². The first-order chi connectivity index (χ1) is 13.5. The number of benzene rings is 2. The molecule has 6 heteroatoms. The first-order valence-electron chi connectivity index (χ1n) is 9.52. The monoisotopic (exact) mass is 378 g/mol. The average Bonchev–Trinajstić information content (AvgIpc) is 2.74. The molecule has 1 aliphatic rings. The third-order valence-corrected chi connectivity index (χ3v) is 4.92. The molecule has 1 heterocycles. The van der Waals surface area contributed by atoms with Gasteiger partial charge in [0, 0.05) is 38.2 Å². The summed E-state index contributed by atoms with van der Waals surface area (Å²) in [6, 6.07) is 19.8. The molecule has 0 aliphatic carbocycles. The van der Waals surface area contributed by atoms with Gasteiger partial charge in [-0.3, -0.25) is 9.59 Å². The maximum Gasteiger partial charge on any atom is 0.267 e. The van der Waals surface area contributed by atoms with Crippen LogP contribution in [0.5, 0.6) is 0 Å². The van der Waals surface area contributed by atoms with Crippen LogP contribution in [0.15, 0.2) is 65.8 Å². The number of nitrogens with one attached hydrogen (secondary N) is 1. The largest absolute Gasteiger partial charge is 0.370 e. The van der Waals surface area contributed by atoms with Crippen LogP contribution in [0.1, 0.15) is 25.3 Å². The molecule has 0 fully saturated rings. The Kier molecular flexibility index (Phi) is 6.42. The number of amides is 2. The molecule has 2 aromatic carbocycles. The van der Waals surface area contributed by atoms with E-state index in [9.17, 15) is 9.59 Å². The molecule has 1 N–H and O–H groups in total. The number of carbonyl (C=O) groups excluding carboxylic acids is 2. The van der Waals surface area contributed by atoms with Crippen molar-refractivity contribution in [3.05, 3.63) is 66.2 Å². The first-order valence-corrected chi connectivity index (χ1v) is 9.52. The highest BCUT2D eigenvalue weighted by atomic mass is 16.2. The van der Waals surface area contributed by atoms with Crippen molar-refractivity contribution in [2.45, 2.75) is 32.4 Å². The van der Waals surface area contributed by atoms with E-state index in [1.165, 1.54) is 5.01 Å². The van der Waals surface area contributed by atoms with E-state index in [-0.39, 0.29) is 17.9 Å². The lowest BCUT2D eigenvalue weighted by atomic mass is 10.1. The molecule has 0 aromatic heterocycles. The van der Waals surface area contributed by atoms with Gasteiger partial charge in [0.25, 0.3) is 5.91 Å². The zero-order valence-electron chi connectivity index (χ0n) is 16.3. The summed E-state index contributed by atoms with van der Waals surface area (Å²) in [7, 11) is 2.00. The van der Waals surface area contributed by atoms with Crippen LogP contribution in [0.4, 0.5) is 5.69 Å². The van der Waals surface area contributed by atoms with E-state index >= 15 is 0 Å². The maximum atomic E-state index is 12.6. The van der Waals surface area contributed by atoms with Crippen molar-refractivity contribution in [2.24, 2.45) is 5.10 Å². The Morgan fingerprint density at radius 3 is 2.43 bits per heavy atom. The lowest BCUT2D eigenvalue weighted by Gasteiger charge is -2.28. The van der Waals surface area contributed by atoms with Gasteiger partial charge in [-0.05, 0) is 24.6 Å². The molecule has 0 bridgehead atoms. The van der Waals surface area contributed by atoms with E-state index < -0.39 is 0 Å². The fourth-order valence-electron chi connectivity index (χ4n) is 3.04. The van der Waals surface area contributed by atoms with Gasteiger partial charge in [0.1, 0.15) is 5.71 Å². The number of para-hydroxylation sites is 1. The molecule has 1 aliphatic heterocycles. The van der Waals surface area contributed by atoms with Crippen LogP contribution in [0, 0.1) is 0 Å². The van der Waals surface area contributed by atoms with Gasteiger partial charge in [0.05, 0.1) is 6.54 Å². The zero-order valence-corrected chi connectivity index (χ0v) is 16.3. The summed E-state index contributed by atoms with van der Waals surface area (Å²) in [4.78, 5) is 26.8. The molecule has 3 rings (SSSR count). The summed E-state index contributed by atoms with van der Waals surface area (Å²) in [6.45, 7) is 2.93. The van der Waals surface area contributed by atoms with Crippen LogP contribution >= 0.6 is 0 Å². The molecule has 0 saturated heterocycles. The van der Waals surface area contributed by atoms with Crippen molar-refractivity contribution in [2.75, 3.05) is 18.5 Å². The zero-order chi connectivity index (χ0) is 19.9. The lowest BCUT2D eigenvalue weighted by molar-refractivity contribution is -0.132. The Morgan fingerprint density at radius 1 is 1.11 bits per heavy atom. The normalized spacial score (nSPS) is 15.0. The Morgan fingerprint density at radius 2 is 1.75 bits per heavy atom. The second-order valence-corrected chi connectivity index (χ2v) is 6.99. The molecule has 6 nitrogen and oxygen atoms in total. The van der Waals surface area contributed by atoms with Gasteiger partial charge in [-0.2, -0.15) is 5.10 Å². The third-order valence-electron chi connectivity index (χ3n) is 4.92. The van der Waals surface area contributed by atoms with E-state index in [1.807, 2.05) is 67.7 Å². The van der Waals surface area contributed by atoms with E-state index in [0.717, 1.165) is 11.3 Å². The summed E-state index contributed by atoms with van der Waals surface area (Å²) in [5.41, 5.74) is 2.49. The predicted octanol–water partition coefficient (Wildman–Crippen LogP) is 2.81. The van der Waals surface area contributed by atoms with Crippen molar-refractivity contribution in [3.63, 3.8) is 0 Å². The standard InChI is InChI=1S/C22H26N4O2/c1-17(25(2)19-11-7-4-8-12-19)15-23-22(28)20-13-14-21(27)26(24-20)16-18-9-5-3-6-10-18/h3-12,17H,13-16H2,1-2H3,(H,23,28)/t17-/m1/s1. The first kappa shape index (κ1) is 19.6. The number of carbonyl (C=O) groups is 2. The molecule has 28 heavy (non-hydrogen) atoms. The summed E-state index contributed by atoms with van der Waals surface area (Å²) < 4.78 is 0. The quantitative estimate of drug-likeness (QED) is 0.806. The van der Waals surface area contributed by atoms with E-state index in [2.05, 4.69) is 22.2 Å². The van der Waals surface area contributed by atoms with Gasteiger partial charge in [-0.25, -0.2) is 5.01 Å². The second kappa shape index (κ2) is 9.17. The van der Waals surface area contributed by atoms with Gasteiger partial charge >= 0.3 is 0 Å². The van der Waals surface area contributed by atoms with Gasteiger partial charge in [-0.15, -0.1) is 0 Å². The minimum absolute atomic E-state index is 0.0578. The molecule has 0 radical (unpaired) electrons. The van der Waals surface area contributed by atoms with Gasteiger partial charge in [-0.1, -0.05) is 48.5 Å². The van der Waals surface area contributed by atoms with Crippen LogP contribution in [-0.4, -0.2) is 42.2 Å². The average molecular weight is 378 g/mol. The number of nitrogens with zero attached hydrogens (tertiary/aromatic N) is 3. The number of hydrazone groups is 1. The van der Waals surface area contributed by atoms with Crippen LogP contribution in [0.25, 0.3) is 0 Å². The van der Waals surface area contributed by atoms with Crippen molar-refractivity contribution >= 4 is 23.2 Å². The van der Waals surface area contributed by atoms with Gasteiger partial charge in [0.15, 0.2) is 0 Å². The van der Waals surface area contributed by atoms with Gasteiger partial charge < -0.3 is 10.2 Å². The molecule has 1 atom stereocenters. The molecular weight excluding hydrogens is 352 g/mol. The Bertz CT molecular complexity index is 836. The Hall–Kier alpha value is -3.15. The van der Waals surface area contributed by atoms with Crippen LogP contribution in [-0.2, 0) is 16.1 Å². The summed E-state index contributed by atoms with van der Waals surface area (Å²) >= 11 is 0. The maximum absolute atomic E-state index is 12.6. The van der Waals surface area contributed by atoms with Crippen LogP contribution < -0.4 is 10.2 Å². The number of hydrogen-bond acceptors (Lipinski definition) is 4. The fraction of sp³-hybridized carbons (Fsp3) is 0.318. The van der Waals surface area contributed by atoms with Crippen molar-refractivity contribution in [1.82, 2.24) is 10.3 Å². The Balaban J connectivity index is 1.58. The third kappa shape index (κ3) is 4.97. The van der Waals surface area contributed by atoms with Crippen molar-refractivity contribution in [3.8, 4) is 0 Å². The smallest absolute Gasteiger partial charge is 0.267 e. The van der Waals surface area contributed by atoms with E-state index in [0.29, 0.717) is 31.6 Å². The highest BCUT2D eigenvalue weighted by molar-refractivity contribution is 6.39. The summed E-state index contributed by atoms with van der Waals surface area (Å²) in [5, 5.41) is 8.66. The van der Waals surface area contributed by atoms with E-state index in [1.54, 1.807) is 0 Å². The fourth-order valence-corrected chi connectivity index (χ4v) is 3.04. The van der Waals surface area contributed by atoms with E-state index in [4.69, 9.17) is 0 Å². The molecule has 0 spiro atoms. The van der Waals surface area contributed by atoms with Crippen LogP contribution in [0.2, 0.25) is 0 Å². The number of rotatable bonds is 7. The number of likely N-dealkylation sites (N-methyl/N-ethyl adjacent to an activating group) is 1. The molecule has 0 unspecified atom stereocenters. The summed E-state index contributed by atoms with van der Waals surface area (Å²) in [5.74, 6) is -0.267. The molecular formula is C22H26N4O2. The number of anilines is 1. The lowest BCUT2D eigenvalue weighted by Crippen LogP contribution is -2.44. The minimum Gasteiger partial charge on any atom is -0.370 e. The highest BCUT2D eigenvalue weighted by Crippen LogP contribution is 2.15. The topological polar surface area (TPSA) is 65.0 Å². The summed E-state index contributed by atoms with van der Waals surface area (Å²) in [6.07, 6.45) is 0.678. The molecule has 2 amide bonds. The highest BCUT2D eigenvalue weighted by Gasteiger charge is 2.25. The van der Waals surface area contributed by atoms with Crippen molar-refractivity contribution in [1.29, 1.82) is 0 Å². The Labute approximate surface area is 165 Å². The SMILES string of the molecule is C[C@H](CNC(=O)C1=NN(Cc2ccccc2)C(=O)CC1)N(C)c1ccccc1.